The van der Waals surface area contributed by atoms with E-state index in [1.54, 1.807) is 0 Å². The quantitative estimate of drug-likeness (QED) is 0.801. The number of nitriles is 1. The van der Waals surface area contributed by atoms with Gasteiger partial charge in [-0.1, -0.05) is 13.8 Å². The Labute approximate surface area is 109 Å². The molecular formula is C15H21N3. The maximum Gasteiger partial charge on any atom is 0.0670 e. The highest BCUT2D eigenvalue weighted by atomic mass is 14.9. The van der Waals surface area contributed by atoms with Crippen LogP contribution in [-0.4, -0.2) is 6.04 Å². The monoisotopic (exact) mass is 243 g/mol. The number of rotatable bonds is 3. The average molecular weight is 243 g/mol. The van der Waals surface area contributed by atoms with Crippen LogP contribution in [0.4, 0.5) is 11.4 Å². The Bertz CT molecular complexity index is 461. The molecule has 0 heterocycles. The first kappa shape index (κ1) is 12.8. The van der Waals surface area contributed by atoms with Crippen LogP contribution in [0, 0.1) is 23.2 Å². The number of nitrogen functional groups attached to an aromatic ring is 1. The van der Waals surface area contributed by atoms with Crippen LogP contribution in [-0.2, 0) is 6.42 Å². The second kappa shape index (κ2) is 5.30. The van der Waals surface area contributed by atoms with E-state index in [1.807, 2.05) is 18.2 Å². The summed E-state index contributed by atoms with van der Waals surface area (Å²) in [5.41, 5.74) is 8.56. The Balaban J connectivity index is 2.10. The van der Waals surface area contributed by atoms with Gasteiger partial charge in [0.1, 0.15) is 0 Å². The lowest BCUT2D eigenvalue weighted by Gasteiger charge is -2.21. The van der Waals surface area contributed by atoms with Gasteiger partial charge in [0.25, 0.3) is 0 Å². The molecule has 0 aliphatic heterocycles. The summed E-state index contributed by atoms with van der Waals surface area (Å²) in [5, 5.41) is 12.4. The van der Waals surface area contributed by atoms with Gasteiger partial charge in [-0.15, -0.1) is 0 Å². The summed E-state index contributed by atoms with van der Waals surface area (Å²) in [5.74, 6) is 1.48. The van der Waals surface area contributed by atoms with E-state index in [2.05, 4.69) is 25.2 Å². The largest absolute Gasteiger partial charge is 0.398 e. The molecule has 0 saturated heterocycles. The van der Waals surface area contributed by atoms with Crippen LogP contribution >= 0.6 is 0 Å². The normalized spacial score (nSPS) is 26.8. The number of benzene rings is 1. The van der Waals surface area contributed by atoms with Crippen LogP contribution in [0.3, 0.4) is 0 Å². The van der Waals surface area contributed by atoms with Gasteiger partial charge in [0, 0.05) is 17.4 Å². The van der Waals surface area contributed by atoms with E-state index < -0.39 is 0 Å². The predicted octanol–water partition coefficient (Wildman–Crippen LogP) is 3.18. The Morgan fingerprint density at radius 3 is 2.78 bits per heavy atom. The van der Waals surface area contributed by atoms with Gasteiger partial charge in [-0.3, -0.25) is 0 Å². The molecule has 3 unspecified atom stereocenters. The van der Waals surface area contributed by atoms with Gasteiger partial charge in [-0.25, -0.2) is 0 Å². The van der Waals surface area contributed by atoms with Crippen LogP contribution in [0.1, 0.15) is 32.3 Å². The third-order valence-corrected chi connectivity index (χ3v) is 4.23. The number of hydrogen-bond acceptors (Lipinski definition) is 3. The first-order valence-electron chi connectivity index (χ1n) is 6.63. The fraction of sp³-hybridized carbons (Fsp3) is 0.533. The summed E-state index contributed by atoms with van der Waals surface area (Å²) < 4.78 is 0. The molecule has 0 radical (unpaired) electrons. The second-order valence-electron chi connectivity index (χ2n) is 5.41. The second-order valence-corrected chi connectivity index (χ2v) is 5.41. The molecule has 1 aromatic carbocycles. The molecule has 1 aliphatic rings. The first-order chi connectivity index (χ1) is 8.61. The van der Waals surface area contributed by atoms with Gasteiger partial charge in [0.2, 0.25) is 0 Å². The molecule has 3 atom stereocenters. The molecule has 0 bridgehead atoms. The molecule has 0 amide bonds. The van der Waals surface area contributed by atoms with E-state index in [9.17, 15) is 0 Å². The molecule has 0 spiro atoms. The van der Waals surface area contributed by atoms with Crippen molar-refractivity contribution < 1.29 is 0 Å². The SMILES string of the molecule is CC1CCC(Nc2ccc(N)c(CC#N)c2)C1C. The summed E-state index contributed by atoms with van der Waals surface area (Å²) in [6.07, 6.45) is 2.89. The van der Waals surface area contributed by atoms with Gasteiger partial charge in [-0.2, -0.15) is 5.26 Å². The lowest BCUT2D eigenvalue weighted by molar-refractivity contribution is 0.435. The summed E-state index contributed by atoms with van der Waals surface area (Å²) in [4.78, 5) is 0. The van der Waals surface area contributed by atoms with E-state index in [1.165, 1.54) is 12.8 Å². The molecule has 1 fully saturated rings. The van der Waals surface area contributed by atoms with Gasteiger partial charge in [-0.05, 0) is 48.4 Å². The lowest BCUT2D eigenvalue weighted by atomic mass is 9.97. The average Bonchev–Trinajstić information content (AvgIpc) is 2.66. The lowest BCUT2D eigenvalue weighted by Crippen LogP contribution is -2.24. The van der Waals surface area contributed by atoms with E-state index in [0.29, 0.717) is 24.1 Å². The third-order valence-electron chi connectivity index (χ3n) is 4.23. The number of hydrogen-bond donors (Lipinski definition) is 2. The van der Waals surface area contributed by atoms with Gasteiger partial charge >= 0.3 is 0 Å². The standard InChI is InChI=1S/C15H21N3/c1-10-3-6-15(11(10)2)18-13-4-5-14(17)12(9-13)7-8-16/h4-5,9-11,15,18H,3,6-7,17H2,1-2H3. The highest BCUT2D eigenvalue weighted by Gasteiger charge is 2.29. The zero-order valence-electron chi connectivity index (χ0n) is 11.1. The molecule has 3 N–H and O–H groups in total. The summed E-state index contributed by atoms with van der Waals surface area (Å²) in [6.45, 7) is 4.62. The molecule has 96 valence electrons. The maximum atomic E-state index is 8.77. The molecule has 0 aromatic heterocycles. The fourth-order valence-corrected chi connectivity index (χ4v) is 2.72. The third kappa shape index (κ3) is 2.59. The van der Waals surface area contributed by atoms with E-state index in [-0.39, 0.29) is 0 Å². The number of nitrogens with zero attached hydrogens (tertiary/aromatic N) is 1. The first-order valence-corrected chi connectivity index (χ1v) is 6.63. The fourth-order valence-electron chi connectivity index (χ4n) is 2.72. The Kier molecular flexibility index (Phi) is 3.76. The molecule has 3 heteroatoms. The van der Waals surface area contributed by atoms with Crippen molar-refractivity contribution in [3.8, 4) is 6.07 Å². The van der Waals surface area contributed by atoms with Gasteiger partial charge in [0.15, 0.2) is 0 Å². The minimum Gasteiger partial charge on any atom is -0.398 e. The molecular weight excluding hydrogens is 222 g/mol. The zero-order valence-corrected chi connectivity index (χ0v) is 11.1. The van der Waals surface area contributed by atoms with Crippen LogP contribution in [0.2, 0.25) is 0 Å². The summed E-state index contributed by atoms with van der Waals surface area (Å²) >= 11 is 0. The van der Waals surface area contributed by atoms with Crippen LogP contribution in [0.15, 0.2) is 18.2 Å². The van der Waals surface area contributed by atoms with Crippen LogP contribution in [0.5, 0.6) is 0 Å². The number of nitrogens with one attached hydrogen (secondary N) is 1. The van der Waals surface area contributed by atoms with Crippen molar-refractivity contribution in [2.45, 2.75) is 39.2 Å². The van der Waals surface area contributed by atoms with Gasteiger partial charge in [0.05, 0.1) is 12.5 Å². The van der Waals surface area contributed by atoms with E-state index >= 15 is 0 Å². The maximum absolute atomic E-state index is 8.77. The number of nitrogens with two attached hydrogens (primary N) is 1. The minimum absolute atomic E-state index is 0.373. The molecule has 3 nitrogen and oxygen atoms in total. The van der Waals surface area contributed by atoms with Crippen molar-refractivity contribution in [3.05, 3.63) is 23.8 Å². The molecule has 18 heavy (non-hydrogen) atoms. The van der Waals surface area contributed by atoms with Crippen molar-refractivity contribution in [3.63, 3.8) is 0 Å². The smallest absolute Gasteiger partial charge is 0.0670 e. The van der Waals surface area contributed by atoms with Gasteiger partial charge < -0.3 is 11.1 Å². The zero-order chi connectivity index (χ0) is 13.1. The molecule has 1 aromatic rings. The Morgan fingerprint density at radius 2 is 2.17 bits per heavy atom. The summed E-state index contributed by atoms with van der Waals surface area (Å²) in [6, 6.07) is 8.60. The molecule has 2 rings (SSSR count). The Hall–Kier alpha value is -1.69. The van der Waals surface area contributed by atoms with Crippen molar-refractivity contribution in [2.24, 2.45) is 11.8 Å². The Morgan fingerprint density at radius 1 is 1.39 bits per heavy atom. The topological polar surface area (TPSA) is 61.8 Å². The number of anilines is 2. The van der Waals surface area contributed by atoms with Crippen molar-refractivity contribution in [1.29, 1.82) is 5.26 Å². The minimum atomic E-state index is 0.373. The summed E-state index contributed by atoms with van der Waals surface area (Å²) in [7, 11) is 0. The van der Waals surface area contributed by atoms with Crippen LogP contribution in [0.25, 0.3) is 0 Å². The van der Waals surface area contributed by atoms with Crippen molar-refractivity contribution in [1.82, 2.24) is 0 Å². The molecule has 1 saturated carbocycles. The molecule has 1 aliphatic carbocycles. The van der Waals surface area contributed by atoms with Crippen molar-refractivity contribution in [2.75, 3.05) is 11.1 Å². The van der Waals surface area contributed by atoms with Crippen LogP contribution < -0.4 is 11.1 Å². The predicted molar refractivity (Wildman–Crippen MR) is 75.1 cm³/mol. The van der Waals surface area contributed by atoms with E-state index in [0.717, 1.165) is 17.2 Å². The highest BCUT2D eigenvalue weighted by molar-refractivity contribution is 5.58. The highest BCUT2D eigenvalue weighted by Crippen LogP contribution is 2.33. The van der Waals surface area contributed by atoms with Crippen molar-refractivity contribution >= 4 is 11.4 Å². The van der Waals surface area contributed by atoms with E-state index in [4.69, 9.17) is 11.0 Å².